The van der Waals surface area contributed by atoms with Crippen molar-refractivity contribution < 1.29 is 4.79 Å². The number of aromatic nitrogens is 1. The molecule has 1 aliphatic carbocycles. The van der Waals surface area contributed by atoms with Gasteiger partial charge < -0.3 is 15.2 Å². The number of rotatable bonds is 2. The van der Waals surface area contributed by atoms with E-state index in [1.54, 1.807) is 7.05 Å². The molecular weight excluding hydrogens is 238 g/mol. The summed E-state index contributed by atoms with van der Waals surface area (Å²) >= 11 is 0. The first kappa shape index (κ1) is 12.5. The highest BCUT2D eigenvalue weighted by Crippen LogP contribution is 2.34. The number of nitrogens with one attached hydrogen (secondary N) is 2. The van der Waals surface area contributed by atoms with Crippen LogP contribution in [0.15, 0.2) is 12.3 Å². The fraction of sp³-hybridized carbons (Fsp3) is 0.533. The zero-order chi connectivity index (χ0) is 13.4. The van der Waals surface area contributed by atoms with Gasteiger partial charge in [0.15, 0.2) is 0 Å². The number of allylic oxidation sites excluding steroid dienone is 1. The van der Waals surface area contributed by atoms with Crippen molar-refractivity contribution in [2.75, 3.05) is 13.6 Å². The van der Waals surface area contributed by atoms with E-state index in [0.717, 1.165) is 37.9 Å². The Kier molecular flexibility index (Phi) is 3.19. The quantitative estimate of drug-likeness (QED) is 0.846. The smallest absolute Gasteiger partial charge is 0.252 e. The van der Waals surface area contributed by atoms with Crippen LogP contribution in [0, 0.1) is 0 Å². The number of carbonyl (C=O) groups is 1. The Balaban J connectivity index is 2.14. The first-order valence-corrected chi connectivity index (χ1v) is 7.14. The molecule has 0 saturated carbocycles. The van der Waals surface area contributed by atoms with E-state index in [0.29, 0.717) is 6.04 Å². The minimum Gasteiger partial charge on any atom is -0.355 e. The third kappa shape index (κ3) is 1.91. The second-order valence-electron chi connectivity index (χ2n) is 5.26. The number of hydrogen-bond acceptors (Lipinski definition) is 2. The molecule has 4 nitrogen and oxygen atoms in total. The molecule has 0 aromatic carbocycles. The first-order chi connectivity index (χ1) is 9.26. The van der Waals surface area contributed by atoms with Gasteiger partial charge in [0.05, 0.1) is 5.56 Å². The van der Waals surface area contributed by atoms with Gasteiger partial charge in [0.2, 0.25) is 0 Å². The van der Waals surface area contributed by atoms with E-state index in [1.807, 2.05) is 6.20 Å². The Morgan fingerprint density at radius 1 is 1.58 bits per heavy atom. The Hall–Kier alpha value is -1.55. The second-order valence-corrected chi connectivity index (χ2v) is 5.26. The van der Waals surface area contributed by atoms with E-state index >= 15 is 0 Å². The van der Waals surface area contributed by atoms with Crippen molar-refractivity contribution in [2.24, 2.45) is 0 Å². The average Bonchev–Trinajstić information content (AvgIpc) is 2.71. The van der Waals surface area contributed by atoms with E-state index in [-0.39, 0.29) is 5.91 Å². The van der Waals surface area contributed by atoms with Crippen molar-refractivity contribution in [2.45, 2.75) is 38.8 Å². The Morgan fingerprint density at radius 2 is 2.42 bits per heavy atom. The zero-order valence-corrected chi connectivity index (χ0v) is 11.6. The van der Waals surface area contributed by atoms with Gasteiger partial charge in [-0.1, -0.05) is 13.0 Å². The van der Waals surface area contributed by atoms with Crippen LogP contribution in [-0.4, -0.2) is 30.1 Å². The Labute approximate surface area is 113 Å². The number of carbonyl (C=O) groups excluding carboxylic acids is 1. The molecule has 19 heavy (non-hydrogen) atoms. The van der Waals surface area contributed by atoms with Crippen LogP contribution in [0.2, 0.25) is 0 Å². The van der Waals surface area contributed by atoms with Crippen LogP contribution in [-0.2, 0) is 13.0 Å². The first-order valence-electron chi connectivity index (χ1n) is 7.14. The van der Waals surface area contributed by atoms with Crippen molar-refractivity contribution in [1.82, 2.24) is 15.2 Å². The standard InChI is InChI=1S/C15H21N3O/c1-3-13-11-6-4-5-10-12(15(19)16-2)9-18(14(10)11)8-7-17-13/h6,9,13,17H,3-5,7-8H2,1-2H3,(H,16,19). The summed E-state index contributed by atoms with van der Waals surface area (Å²) in [6.45, 7) is 4.11. The molecule has 0 spiro atoms. The highest BCUT2D eigenvalue weighted by Gasteiger charge is 2.29. The van der Waals surface area contributed by atoms with E-state index in [4.69, 9.17) is 0 Å². The van der Waals surface area contributed by atoms with Crippen molar-refractivity contribution in [1.29, 1.82) is 0 Å². The molecule has 0 saturated heterocycles. The van der Waals surface area contributed by atoms with Gasteiger partial charge in [0, 0.05) is 38.1 Å². The predicted octanol–water partition coefficient (Wildman–Crippen LogP) is 1.56. The van der Waals surface area contributed by atoms with Crippen LogP contribution < -0.4 is 10.6 Å². The lowest BCUT2D eigenvalue weighted by atomic mass is 9.89. The molecule has 102 valence electrons. The van der Waals surface area contributed by atoms with Crippen LogP contribution in [0.5, 0.6) is 0 Å². The SMILES string of the molecule is CCC1NCCn2cc(C(=O)NC)c3c2C1=CCC3. The van der Waals surface area contributed by atoms with Crippen LogP contribution in [0.4, 0.5) is 0 Å². The van der Waals surface area contributed by atoms with Crippen molar-refractivity contribution >= 4 is 11.5 Å². The van der Waals surface area contributed by atoms with E-state index in [1.165, 1.54) is 16.8 Å². The third-order valence-corrected chi connectivity index (χ3v) is 4.21. The van der Waals surface area contributed by atoms with Crippen LogP contribution >= 0.6 is 0 Å². The van der Waals surface area contributed by atoms with Gasteiger partial charge in [-0.25, -0.2) is 0 Å². The van der Waals surface area contributed by atoms with Gasteiger partial charge in [0.1, 0.15) is 0 Å². The van der Waals surface area contributed by atoms with Gasteiger partial charge in [-0.2, -0.15) is 0 Å². The van der Waals surface area contributed by atoms with Crippen molar-refractivity contribution in [3.63, 3.8) is 0 Å². The van der Waals surface area contributed by atoms with E-state index in [2.05, 4.69) is 28.2 Å². The molecule has 0 bridgehead atoms. The molecular formula is C15H21N3O. The highest BCUT2D eigenvalue weighted by molar-refractivity contribution is 5.97. The maximum absolute atomic E-state index is 12.0. The lowest BCUT2D eigenvalue weighted by Gasteiger charge is -2.22. The van der Waals surface area contributed by atoms with Gasteiger partial charge in [0.25, 0.3) is 5.91 Å². The molecule has 4 heteroatoms. The minimum absolute atomic E-state index is 0.0397. The van der Waals surface area contributed by atoms with Crippen LogP contribution in [0.1, 0.15) is 41.4 Å². The fourth-order valence-corrected chi connectivity index (χ4v) is 3.31. The maximum Gasteiger partial charge on any atom is 0.252 e. The molecule has 2 heterocycles. The van der Waals surface area contributed by atoms with E-state index in [9.17, 15) is 4.79 Å². The monoisotopic (exact) mass is 259 g/mol. The second kappa shape index (κ2) is 4.85. The van der Waals surface area contributed by atoms with Gasteiger partial charge in [-0.3, -0.25) is 4.79 Å². The zero-order valence-electron chi connectivity index (χ0n) is 11.6. The summed E-state index contributed by atoms with van der Waals surface area (Å²) in [7, 11) is 1.70. The summed E-state index contributed by atoms with van der Waals surface area (Å²) in [5, 5.41) is 6.36. The number of amides is 1. The predicted molar refractivity (Wildman–Crippen MR) is 76.2 cm³/mol. The van der Waals surface area contributed by atoms with Crippen molar-refractivity contribution in [3.05, 3.63) is 29.1 Å². The maximum atomic E-state index is 12.0. The normalized spacial score (nSPS) is 21.4. The topological polar surface area (TPSA) is 46.1 Å². The Bertz CT molecular complexity index is 542. The molecule has 0 fully saturated rings. The molecule has 1 amide bonds. The van der Waals surface area contributed by atoms with Gasteiger partial charge in [-0.15, -0.1) is 0 Å². The third-order valence-electron chi connectivity index (χ3n) is 4.21. The number of hydrogen-bond donors (Lipinski definition) is 2. The largest absolute Gasteiger partial charge is 0.355 e. The Morgan fingerprint density at radius 3 is 3.16 bits per heavy atom. The number of nitrogens with zero attached hydrogens (tertiary/aromatic N) is 1. The summed E-state index contributed by atoms with van der Waals surface area (Å²) in [5.74, 6) is 0.0397. The summed E-state index contributed by atoms with van der Waals surface area (Å²) in [4.78, 5) is 12.0. The van der Waals surface area contributed by atoms with Crippen LogP contribution in [0.3, 0.4) is 0 Å². The molecule has 1 aromatic rings. The fourth-order valence-electron chi connectivity index (χ4n) is 3.31. The lowest BCUT2D eigenvalue weighted by Crippen LogP contribution is -2.30. The molecule has 2 aliphatic rings. The molecule has 1 aliphatic heterocycles. The average molecular weight is 259 g/mol. The summed E-state index contributed by atoms with van der Waals surface area (Å²) < 4.78 is 2.26. The molecule has 1 unspecified atom stereocenters. The molecule has 3 rings (SSSR count). The van der Waals surface area contributed by atoms with Crippen LogP contribution in [0.25, 0.3) is 5.57 Å². The highest BCUT2D eigenvalue weighted by atomic mass is 16.1. The van der Waals surface area contributed by atoms with Gasteiger partial charge in [-0.05, 0) is 30.4 Å². The van der Waals surface area contributed by atoms with E-state index < -0.39 is 0 Å². The molecule has 1 aromatic heterocycles. The lowest BCUT2D eigenvalue weighted by molar-refractivity contribution is 0.0962. The molecule has 2 N–H and O–H groups in total. The summed E-state index contributed by atoms with van der Waals surface area (Å²) in [6.07, 6.45) is 7.48. The minimum atomic E-state index is 0.0397. The summed E-state index contributed by atoms with van der Waals surface area (Å²) in [5.41, 5.74) is 4.77. The molecule has 1 atom stereocenters. The summed E-state index contributed by atoms with van der Waals surface area (Å²) in [6, 6.07) is 0.424. The molecule has 0 radical (unpaired) electrons. The van der Waals surface area contributed by atoms with Crippen molar-refractivity contribution in [3.8, 4) is 0 Å². The van der Waals surface area contributed by atoms with Gasteiger partial charge >= 0.3 is 0 Å².